The molecule has 3 nitrogen and oxygen atoms in total. The number of carbonyl (C=O) groups excluding carboxylic acids is 2. The van der Waals surface area contributed by atoms with Crippen molar-refractivity contribution in [1.29, 1.82) is 0 Å². The number of Topliss-reactive ketones (excluding diaryl/α,β-unsaturated/α-hetero) is 1. The Balaban J connectivity index is 2.41. The number of alkyl halides is 1. The minimum atomic E-state index is -0.530. The predicted molar refractivity (Wildman–Crippen MR) is 66.8 cm³/mol. The minimum Gasteiger partial charge on any atom is -0.491 e. The molecule has 4 heteroatoms. The summed E-state index contributed by atoms with van der Waals surface area (Å²) in [6.07, 6.45) is 3.27. The van der Waals surface area contributed by atoms with Crippen LogP contribution in [0.25, 0.3) is 0 Å². The van der Waals surface area contributed by atoms with E-state index in [0.29, 0.717) is 24.2 Å². The molecular weight excluding hydrogens is 234 g/mol. The second-order valence-electron chi connectivity index (χ2n) is 3.90. The molecule has 0 amide bonds. The van der Waals surface area contributed by atoms with Gasteiger partial charge in [0.05, 0.1) is 0 Å². The summed E-state index contributed by atoms with van der Waals surface area (Å²) in [5.74, 6) is 0.614. The molecule has 1 aromatic rings. The fourth-order valence-electron chi connectivity index (χ4n) is 1.55. The van der Waals surface area contributed by atoms with Crippen LogP contribution in [-0.4, -0.2) is 25.4 Å². The summed E-state index contributed by atoms with van der Waals surface area (Å²) >= 11 is 0. The van der Waals surface area contributed by atoms with Gasteiger partial charge in [0.25, 0.3) is 0 Å². The number of benzene rings is 1. The van der Waals surface area contributed by atoms with Crippen molar-refractivity contribution in [1.82, 2.24) is 0 Å². The summed E-state index contributed by atoms with van der Waals surface area (Å²) in [7, 11) is 0. The van der Waals surface area contributed by atoms with Crippen molar-refractivity contribution in [2.75, 3.05) is 13.3 Å². The average Bonchev–Trinajstić information content (AvgIpc) is 2.41. The molecular formula is C14H17FO3. The number of rotatable bonds is 9. The average molecular weight is 251 g/mol. The molecule has 0 saturated heterocycles. The number of ether oxygens (including phenoxy) is 1. The third-order valence-corrected chi connectivity index (χ3v) is 2.50. The number of halogens is 1. The maximum absolute atomic E-state index is 11.9. The highest BCUT2D eigenvalue weighted by atomic mass is 18.2. The molecule has 0 heterocycles. The van der Waals surface area contributed by atoms with E-state index in [1.54, 1.807) is 24.3 Å². The zero-order chi connectivity index (χ0) is 13.2. The van der Waals surface area contributed by atoms with Crippen molar-refractivity contribution in [3.63, 3.8) is 0 Å². The standard InChI is InChI=1S/C14H17FO3/c15-9-11-18-13-7-5-12(6-8-13)14(17)4-2-1-3-10-16/h5-8,10H,1-4,9,11H2/i15-1. The van der Waals surface area contributed by atoms with Gasteiger partial charge in [-0.15, -0.1) is 0 Å². The van der Waals surface area contributed by atoms with E-state index in [-0.39, 0.29) is 12.4 Å². The minimum absolute atomic E-state index is 0.0268. The molecule has 0 unspecified atom stereocenters. The number of ketones is 1. The Kier molecular flexibility index (Phi) is 6.69. The molecule has 0 atom stereocenters. The van der Waals surface area contributed by atoms with Gasteiger partial charge in [-0.3, -0.25) is 4.79 Å². The number of hydrogen-bond donors (Lipinski definition) is 0. The second-order valence-corrected chi connectivity index (χ2v) is 3.90. The summed E-state index contributed by atoms with van der Waals surface area (Å²) in [6, 6.07) is 6.67. The molecule has 1 aromatic carbocycles. The molecule has 0 aliphatic heterocycles. The number of aldehydes is 1. The molecule has 18 heavy (non-hydrogen) atoms. The van der Waals surface area contributed by atoms with E-state index in [1.807, 2.05) is 0 Å². The molecule has 0 bridgehead atoms. The molecule has 98 valence electrons. The van der Waals surface area contributed by atoms with Crippen LogP contribution >= 0.6 is 0 Å². The molecule has 0 spiro atoms. The second kappa shape index (κ2) is 8.39. The molecule has 0 aromatic heterocycles. The highest BCUT2D eigenvalue weighted by Crippen LogP contribution is 2.14. The van der Waals surface area contributed by atoms with Crippen molar-refractivity contribution in [2.24, 2.45) is 0 Å². The molecule has 1 rings (SSSR count). The van der Waals surface area contributed by atoms with Gasteiger partial charge in [0.15, 0.2) is 5.78 Å². The highest BCUT2D eigenvalue weighted by molar-refractivity contribution is 5.96. The summed E-state index contributed by atoms with van der Waals surface area (Å²) in [4.78, 5) is 21.9. The molecule has 0 radical (unpaired) electrons. The lowest BCUT2D eigenvalue weighted by molar-refractivity contribution is -0.107. The lowest BCUT2D eigenvalue weighted by atomic mass is 10.0. The van der Waals surface area contributed by atoms with Gasteiger partial charge in [-0.25, -0.2) is 4.39 Å². The van der Waals surface area contributed by atoms with Gasteiger partial charge in [-0.1, -0.05) is 0 Å². The van der Waals surface area contributed by atoms with Crippen molar-refractivity contribution >= 4 is 12.1 Å². The van der Waals surface area contributed by atoms with Crippen LogP contribution in [0.5, 0.6) is 5.75 Å². The first-order valence-corrected chi connectivity index (χ1v) is 6.03. The molecule has 0 fully saturated rings. The number of hydrogen-bond acceptors (Lipinski definition) is 3. The first kappa shape index (κ1) is 14.4. The number of unbranched alkanes of at least 4 members (excludes halogenated alkanes) is 2. The number of carbonyl (C=O) groups is 2. The maximum Gasteiger partial charge on any atom is 0.162 e. The highest BCUT2D eigenvalue weighted by Gasteiger charge is 2.05. The predicted octanol–water partition coefficient (Wildman–Crippen LogP) is 2.98. The normalized spacial score (nSPS) is 10.1. The lowest BCUT2D eigenvalue weighted by Gasteiger charge is -2.04. The van der Waals surface area contributed by atoms with Crippen LogP contribution in [0.2, 0.25) is 0 Å². The van der Waals surface area contributed by atoms with Crippen molar-refractivity contribution in [3.05, 3.63) is 29.8 Å². The van der Waals surface area contributed by atoms with E-state index < -0.39 is 6.67 Å². The lowest BCUT2D eigenvalue weighted by Crippen LogP contribution is -2.01. The molecule has 0 aliphatic carbocycles. The van der Waals surface area contributed by atoms with E-state index in [2.05, 4.69) is 0 Å². The van der Waals surface area contributed by atoms with Crippen LogP contribution in [0, 0.1) is 0 Å². The van der Waals surface area contributed by atoms with Crippen LogP contribution in [-0.2, 0) is 4.79 Å². The maximum atomic E-state index is 11.9. The van der Waals surface area contributed by atoms with Gasteiger partial charge in [0.2, 0.25) is 0 Å². The molecule has 0 aliphatic rings. The summed E-state index contributed by atoms with van der Waals surface area (Å²) in [6.45, 7) is -0.504. The zero-order valence-corrected chi connectivity index (χ0v) is 10.2. The summed E-state index contributed by atoms with van der Waals surface area (Å²) in [5, 5.41) is 0. The fourth-order valence-corrected chi connectivity index (χ4v) is 1.55. The first-order valence-electron chi connectivity index (χ1n) is 6.03. The summed E-state index contributed by atoms with van der Waals surface area (Å²) in [5.41, 5.74) is 0.619. The van der Waals surface area contributed by atoms with Crippen LogP contribution in [0.15, 0.2) is 24.3 Å². The smallest absolute Gasteiger partial charge is 0.162 e. The van der Waals surface area contributed by atoms with E-state index in [9.17, 15) is 14.0 Å². The van der Waals surface area contributed by atoms with Gasteiger partial charge in [-0.2, -0.15) is 0 Å². The first-order chi connectivity index (χ1) is 8.77. The Morgan fingerprint density at radius 3 is 2.56 bits per heavy atom. The van der Waals surface area contributed by atoms with Gasteiger partial charge in [0.1, 0.15) is 25.3 Å². The quantitative estimate of drug-likeness (QED) is 0.385. The monoisotopic (exact) mass is 251 g/mol. The van der Waals surface area contributed by atoms with Crippen LogP contribution in [0.4, 0.5) is 4.39 Å². The van der Waals surface area contributed by atoms with Crippen molar-refractivity contribution in [3.8, 4) is 5.75 Å². The van der Waals surface area contributed by atoms with Crippen molar-refractivity contribution < 1.29 is 18.7 Å². The third-order valence-electron chi connectivity index (χ3n) is 2.50. The van der Waals surface area contributed by atoms with Gasteiger partial charge in [-0.05, 0) is 37.1 Å². The van der Waals surface area contributed by atoms with E-state index >= 15 is 0 Å². The largest absolute Gasteiger partial charge is 0.491 e. The van der Waals surface area contributed by atoms with E-state index in [4.69, 9.17) is 4.74 Å². The fraction of sp³-hybridized carbons (Fsp3) is 0.429. The van der Waals surface area contributed by atoms with Gasteiger partial charge < -0.3 is 9.53 Å². The van der Waals surface area contributed by atoms with Crippen LogP contribution in [0.3, 0.4) is 0 Å². The van der Waals surface area contributed by atoms with Crippen LogP contribution in [0.1, 0.15) is 36.0 Å². The Morgan fingerprint density at radius 1 is 1.22 bits per heavy atom. The van der Waals surface area contributed by atoms with Gasteiger partial charge >= 0.3 is 0 Å². The van der Waals surface area contributed by atoms with E-state index in [0.717, 1.165) is 19.1 Å². The van der Waals surface area contributed by atoms with Crippen molar-refractivity contribution in [2.45, 2.75) is 25.7 Å². The SMILES string of the molecule is O=CCCCCC(=O)c1ccc(OCC[18F])cc1. The van der Waals surface area contributed by atoms with E-state index in [1.165, 1.54) is 0 Å². The summed E-state index contributed by atoms with van der Waals surface area (Å²) < 4.78 is 17.0. The van der Waals surface area contributed by atoms with Gasteiger partial charge in [0, 0.05) is 18.4 Å². The van der Waals surface area contributed by atoms with Crippen LogP contribution < -0.4 is 4.74 Å². The third kappa shape index (κ3) is 5.08. The molecule has 0 saturated carbocycles. The topological polar surface area (TPSA) is 43.4 Å². The zero-order valence-electron chi connectivity index (χ0n) is 10.2. The Morgan fingerprint density at radius 2 is 1.94 bits per heavy atom. The Labute approximate surface area is 106 Å². The molecule has 0 N–H and O–H groups in total. The Hall–Kier alpha value is -1.71. The Bertz CT molecular complexity index is 373.